The van der Waals surface area contributed by atoms with Crippen molar-refractivity contribution in [1.29, 1.82) is 5.26 Å². The number of carbonyl (C=O) groups is 2. The van der Waals surface area contributed by atoms with Crippen molar-refractivity contribution in [3.63, 3.8) is 0 Å². The molecule has 2 aromatic heterocycles. The molecule has 31 heavy (non-hydrogen) atoms. The van der Waals surface area contributed by atoms with Crippen molar-refractivity contribution >= 4 is 22.7 Å². The van der Waals surface area contributed by atoms with Gasteiger partial charge in [0.1, 0.15) is 23.5 Å². The standard InChI is InChI=1S/C23H25N5O3/c1-3-6-19(22(29)26-16(13-24)11-15-7-5-10-25-14-15)28-23(30)20-12-17-18(27-20)8-4-9-21(17)31-2/h4-5,7-10,12,14,16,19,27H,3,6,11H2,1-2H3,(H,26,29)(H,28,30)/t16-,19-/m0/s1. The number of amides is 2. The van der Waals surface area contributed by atoms with Crippen molar-refractivity contribution in [2.24, 2.45) is 0 Å². The Hall–Kier alpha value is -3.86. The van der Waals surface area contributed by atoms with E-state index < -0.39 is 18.0 Å². The maximum Gasteiger partial charge on any atom is 0.268 e. The van der Waals surface area contributed by atoms with E-state index in [0.29, 0.717) is 30.7 Å². The molecule has 0 aliphatic carbocycles. The maximum absolute atomic E-state index is 12.8. The molecule has 3 N–H and O–H groups in total. The Balaban J connectivity index is 1.70. The second kappa shape index (κ2) is 10.3. The minimum atomic E-state index is -0.754. The summed E-state index contributed by atoms with van der Waals surface area (Å²) in [4.78, 5) is 32.7. The van der Waals surface area contributed by atoms with Gasteiger partial charge in [0.25, 0.3) is 5.91 Å². The number of aromatic nitrogens is 2. The number of hydrogen-bond donors (Lipinski definition) is 3. The average molecular weight is 419 g/mol. The summed E-state index contributed by atoms with van der Waals surface area (Å²) in [6.07, 6.45) is 4.79. The molecule has 0 saturated heterocycles. The first kappa shape index (κ1) is 21.8. The van der Waals surface area contributed by atoms with Gasteiger partial charge >= 0.3 is 0 Å². The number of aromatic amines is 1. The van der Waals surface area contributed by atoms with Crippen LogP contribution in [0.4, 0.5) is 0 Å². The fourth-order valence-corrected chi connectivity index (χ4v) is 3.38. The number of nitrogens with zero attached hydrogens (tertiary/aromatic N) is 2. The van der Waals surface area contributed by atoms with Crippen LogP contribution in [0.15, 0.2) is 48.8 Å². The second-order valence-corrected chi connectivity index (χ2v) is 7.17. The molecule has 0 unspecified atom stereocenters. The predicted octanol–water partition coefficient (Wildman–Crippen LogP) is 2.72. The number of hydrogen-bond acceptors (Lipinski definition) is 5. The van der Waals surface area contributed by atoms with E-state index in [2.05, 4.69) is 26.7 Å². The van der Waals surface area contributed by atoms with Crippen LogP contribution in [0.1, 0.15) is 35.8 Å². The van der Waals surface area contributed by atoms with Gasteiger partial charge in [0.15, 0.2) is 0 Å². The fourth-order valence-electron chi connectivity index (χ4n) is 3.38. The van der Waals surface area contributed by atoms with Crippen LogP contribution in [0.3, 0.4) is 0 Å². The van der Waals surface area contributed by atoms with Crippen molar-refractivity contribution in [3.8, 4) is 11.8 Å². The molecule has 1 aromatic carbocycles. The van der Waals surface area contributed by atoms with E-state index in [4.69, 9.17) is 4.74 Å². The van der Waals surface area contributed by atoms with Crippen LogP contribution in [-0.4, -0.2) is 41.0 Å². The molecule has 0 fully saturated rings. The van der Waals surface area contributed by atoms with E-state index in [1.54, 1.807) is 31.6 Å². The van der Waals surface area contributed by atoms with Crippen LogP contribution in [0.25, 0.3) is 10.9 Å². The lowest BCUT2D eigenvalue weighted by Crippen LogP contribution is -2.49. The molecule has 3 rings (SSSR count). The van der Waals surface area contributed by atoms with Crippen LogP contribution in [-0.2, 0) is 11.2 Å². The highest BCUT2D eigenvalue weighted by Gasteiger charge is 2.24. The third kappa shape index (κ3) is 5.39. The average Bonchev–Trinajstić information content (AvgIpc) is 3.23. The van der Waals surface area contributed by atoms with Crippen LogP contribution in [0.5, 0.6) is 5.75 Å². The number of rotatable bonds is 9. The molecule has 0 aliphatic heterocycles. The molecule has 2 heterocycles. The summed E-state index contributed by atoms with van der Waals surface area (Å²) >= 11 is 0. The Morgan fingerprint density at radius 2 is 2.10 bits per heavy atom. The quantitative estimate of drug-likeness (QED) is 0.493. The number of ether oxygens (including phenoxy) is 1. The summed E-state index contributed by atoms with van der Waals surface area (Å²) in [7, 11) is 1.57. The highest BCUT2D eigenvalue weighted by molar-refractivity contribution is 6.01. The number of methoxy groups -OCH3 is 1. The monoisotopic (exact) mass is 419 g/mol. The molecule has 0 bridgehead atoms. The summed E-state index contributed by atoms with van der Waals surface area (Å²) < 4.78 is 5.33. The lowest BCUT2D eigenvalue weighted by atomic mass is 10.1. The van der Waals surface area contributed by atoms with E-state index in [1.807, 2.05) is 31.2 Å². The number of carbonyl (C=O) groups excluding carboxylic acids is 2. The molecule has 2 amide bonds. The summed E-state index contributed by atoms with van der Waals surface area (Å²) in [6.45, 7) is 1.93. The van der Waals surface area contributed by atoms with Gasteiger partial charge in [0, 0.05) is 29.7 Å². The number of pyridine rings is 1. The molecule has 160 valence electrons. The summed E-state index contributed by atoms with van der Waals surface area (Å²) in [5.74, 6) is -0.130. The fraction of sp³-hybridized carbons (Fsp3) is 0.304. The highest BCUT2D eigenvalue weighted by Crippen LogP contribution is 2.26. The predicted molar refractivity (Wildman–Crippen MR) is 116 cm³/mol. The molecule has 3 aromatic rings. The van der Waals surface area contributed by atoms with E-state index in [9.17, 15) is 14.9 Å². The third-order valence-corrected chi connectivity index (χ3v) is 4.92. The Morgan fingerprint density at radius 1 is 1.26 bits per heavy atom. The Morgan fingerprint density at radius 3 is 2.77 bits per heavy atom. The summed E-state index contributed by atoms with van der Waals surface area (Å²) in [5.41, 5.74) is 1.94. The molecule has 0 saturated carbocycles. The van der Waals surface area contributed by atoms with Crippen LogP contribution in [0, 0.1) is 11.3 Å². The van der Waals surface area contributed by atoms with Crippen molar-refractivity contribution in [1.82, 2.24) is 20.6 Å². The zero-order valence-corrected chi connectivity index (χ0v) is 17.5. The van der Waals surface area contributed by atoms with Gasteiger partial charge in [-0.15, -0.1) is 0 Å². The van der Waals surface area contributed by atoms with Gasteiger partial charge in [0.2, 0.25) is 5.91 Å². The van der Waals surface area contributed by atoms with Gasteiger partial charge in [-0.05, 0) is 36.2 Å². The number of H-pyrrole nitrogens is 1. The maximum atomic E-state index is 12.8. The van der Waals surface area contributed by atoms with Crippen molar-refractivity contribution in [3.05, 3.63) is 60.0 Å². The van der Waals surface area contributed by atoms with Crippen LogP contribution >= 0.6 is 0 Å². The van der Waals surface area contributed by atoms with Gasteiger partial charge in [-0.3, -0.25) is 14.6 Å². The normalized spacial score (nSPS) is 12.5. The van der Waals surface area contributed by atoms with E-state index in [-0.39, 0.29) is 5.91 Å². The van der Waals surface area contributed by atoms with Crippen LogP contribution < -0.4 is 15.4 Å². The second-order valence-electron chi connectivity index (χ2n) is 7.17. The van der Waals surface area contributed by atoms with Crippen LogP contribution in [0.2, 0.25) is 0 Å². The first-order valence-corrected chi connectivity index (χ1v) is 10.1. The number of fused-ring (bicyclic) bond motifs is 1. The first-order valence-electron chi connectivity index (χ1n) is 10.1. The lowest BCUT2D eigenvalue weighted by Gasteiger charge is -2.19. The van der Waals surface area contributed by atoms with Crippen molar-refractivity contribution in [2.75, 3.05) is 7.11 Å². The van der Waals surface area contributed by atoms with Crippen molar-refractivity contribution < 1.29 is 14.3 Å². The highest BCUT2D eigenvalue weighted by atomic mass is 16.5. The van der Waals surface area contributed by atoms with E-state index >= 15 is 0 Å². The minimum Gasteiger partial charge on any atom is -0.496 e. The molecule has 0 radical (unpaired) electrons. The molecule has 8 heteroatoms. The van der Waals surface area contributed by atoms with Gasteiger partial charge in [0.05, 0.1) is 13.2 Å². The Labute approximate surface area is 180 Å². The van der Waals surface area contributed by atoms with Crippen molar-refractivity contribution in [2.45, 2.75) is 38.3 Å². The Kier molecular flexibility index (Phi) is 7.22. The molecule has 2 atom stereocenters. The molecule has 8 nitrogen and oxygen atoms in total. The van der Waals surface area contributed by atoms with E-state index in [0.717, 1.165) is 16.5 Å². The molecule has 0 aliphatic rings. The van der Waals surface area contributed by atoms with Gasteiger partial charge in [-0.25, -0.2) is 0 Å². The van der Waals surface area contributed by atoms with Gasteiger partial charge < -0.3 is 20.4 Å². The largest absolute Gasteiger partial charge is 0.496 e. The topological polar surface area (TPSA) is 120 Å². The number of benzene rings is 1. The van der Waals surface area contributed by atoms with Gasteiger partial charge in [-0.1, -0.05) is 25.5 Å². The Bertz CT molecular complexity index is 1090. The zero-order chi connectivity index (χ0) is 22.2. The molecular weight excluding hydrogens is 394 g/mol. The number of nitriles is 1. The lowest BCUT2D eigenvalue weighted by molar-refractivity contribution is -0.123. The number of nitrogens with one attached hydrogen (secondary N) is 3. The zero-order valence-electron chi connectivity index (χ0n) is 17.5. The molecule has 0 spiro atoms. The smallest absolute Gasteiger partial charge is 0.268 e. The SMILES string of the molecule is CCC[C@H](NC(=O)c1cc2c(OC)cccc2[nH]1)C(=O)N[C@H](C#N)Cc1cccnc1. The van der Waals surface area contributed by atoms with E-state index in [1.165, 1.54) is 0 Å². The minimum absolute atomic E-state index is 0.334. The third-order valence-electron chi connectivity index (χ3n) is 4.92. The first-order chi connectivity index (χ1) is 15.0. The van der Waals surface area contributed by atoms with Gasteiger partial charge in [-0.2, -0.15) is 5.26 Å². The summed E-state index contributed by atoms with van der Waals surface area (Å²) in [6, 6.07) is 11.4. The molecular formula is C23H25N5O3. The summed E-state index contributed by atoms with van der Waals surface area (Å²) in [5, 5.41) is 15.7.